The lowest BCUT2D eigenvalue weighted by molar-refractivity contribution is -0.121. The van der Waals surface area contributed by atoms with Crippen LogP contribution in [0, 0.1) is 6.92 Å². The highest BCUT2D eigenvalue weighted by Crippen LogP contribution is 2.19. The molecule has 1 fully saturated rings. The average molecular weight is 341 g/mol. The van der Waals surface area contributed by atoms with Crippen LogP contribution in [0.25, 0.3) is 0 Å². The summed E-state index contributed by atoms with van der Waals surface area (Å²) in [6.45, 7) is 4.14. The van der Waals surface area contributed by atoms with Gasteiger partial charge < -0.3 is 15.4 Å². The fraction of sp³-hybridized carbons (Fsp3) is 0.533. The summed E-state index contributed by atoms with van der Waals surface area (Å²) in [5.74, 6) is 0.0711. The molecule has 20 heavy (non-hydrogen) atoms. The van der Waals surface area contributed by atoms with Crippen LogP contribution in [0.2, 0.25) is 0 Å². The van der Waals surface area contributed by atoms with Gasteiger partial charge in [-0.15, -0.1) is 0 Å². The minimum atomic E-state index is 0.0711. The number of carbonyl (C=O) groups is 1. The fourth-order valence-electron chi connectivity index (χ4n) is 2.20. The second-order valence-electron chi connectivity index (χ2n) is 5.08. The van der Waals surface area contributed by atoms with Crippen LogP contribution >= 0.6 is 15.9 Å². The van der Waals surface area contributed by atoms with Crippen LogP contribution in [-0.2, 0) is 9.53 Å². The number of halogens is 1. The molecule has 0 aliphatic carbocycles. The van der Waals surface area contributed by atoms with E-state index in [9.17, 15) is 4.79 Å². The molecule has 1 aliphatic heterocycles. The van der Waals surface area contributed by atoms with E-state index in [0.29, 0.717) is 19.5 Å². The van der Waals surface area contributed by atoms with E-state index in [0.717, 1.165) is 29.6 Å². The molecule has 2 N–H and O–H groups in total. The van der Waals surface area contributed by atoms with Gasteiger partial charge in [0.2, 0.25) is 5.91 Å². The molecule has 0 saturated carbocycles. The lowest BCUT2D eigenvalue weighted by atomic mass is 10.2. The van der Waals surface area contributed by atoms with Crippen LogP contribution in [0.5, 0.6) is 0 Å². The first-order valence-electron chi connectivity index (χ1n) is 7.03. The Labute approximate surface area is 128 Å². The summed E-state index contributed by atoms with van der Waals surface area (Å²) in [7, 11) is 0. The minimum absolute atomic E-state index is 0.0711. The summed E-state index contributed by atoms with van der Waals surface area (Å²) in [5, 5.41) is 6.18. The number of hydrogen-bond acceptors (Lipinski definition) is 3. The zero-order chi connectivity index (χ0) is 14.4. The summed E-state index contributed by atoms with van der Waals surface area (Å²) in [6.07, 6.45) is 2.84. The van der Waals surface area contributed by atoms with Crippen molar-refractivity contribution in [3.8, 4) is 0 Å². The van der Waals surface area contributed by atoms with Gasteiger partial charge >= 0.3 is 0 Å². The Kier molecular flexibility index (Phi) is 5.86. The topological polar surface area (TPSA) is 50.4 Å². The molecule has 1 aromatic carbocycles. The molecule has 0 radical (unpaired) electrons. The highest BCUT2D eigenvalue weighted by atomic mass is 79.9. The molecule has 1 aromatic rings. The molecule has 0 aromatic heterocycles. The maximum atomic E-state index is 11.7. The first kappa shape index (κ1) is 15.3. The van der Waals surface area contributed by atoms with Gasteiger partial charge in [-0.25, -0.2) is 0 Å². The number of carbonyl (C=O) groups excluding carboxylic acids is 1. The third kappa shape index (κ3) is 4.80. The molecule has 1 atom stereocenters. The number of benzene rings is 1. The molecular formula is C15H21BrN2O2. The van der Waals surface area contributed by atoms with Crippen LogP contribution in [0.15, 0.2) is 22.7 Å². The number of rotatable bonds is 6. The Hall–Kier alpha value is -1.07. The lowest BCUT2D eigenvalue weighted by Crippen LogP contribution is -2.32. The maximum absolute atomic E-state index is 11.7. The van der Waals surface area contributed by atoms with E-state index in [-0.39, 0.29) is 12.0 Å². The Morgan fingerprint density at radius 3 is 3.05 bits per heavy atom. The number of ether oxygens (including phenoxy) is 1. The van der Waals surface area contributed by atoms with Crippen LogP contribution in [0.3, 0.4) is 0 Å². The second-order valence-corrected chi connectivity index (χ2v) is 5.93. The van der Waals surface area contributed by atoms with Crippen LogP contribution < -0.4 is 10.6 Å². The normalized spacial score (nSPS) is 18.0. The molecule has 4 nitrogen and oxygen atoms in total. The van der Waals surface area contributed by atoms with Gasteiger partial charge in [-0.3, -0.25) is 4.79 Å². The van der Waals surface area contributed by atoms with Gasteiger partial charge in [0.15, 0.2) is 0 Å². The summed E-state index contributed by atoms with van der Waals surface area (Å²) in [5.41, 5.74) is 2.22. The van der Waals surface area contributed by atoms with Crippen molar-refractivity contribution in [3.63, 3.8) is 0 Å². The summed E-state index contributed by atoms with van der Waals surface area (Å²) >= 11 is 3.47. The number of hydrogen-bond donors (Lipinski definition) is 2. The highest BCUT2D eigenvalue weighted by Gasteiger charge is 2.15. The smallest absolute Gasteiger partial charge is 0.221 e. The summed E-state index contributed by atoms with van der Waals surface area (Å²) in [6, 6.07) is 6.07. The van der Waals surface area contributed by atoms with E-state index in [1.165, 1.54) is 5.56 Å². The van der Waals surface area contributed by atoms with E-state index in [2.05, 4.69) is 32.6 Å². The SMILES string of the molecule is Cc1cc(NCCC(=O)NCC2CCCO2)ccc1Br. The Bertz CT molecular complexity index is 459. The molecule has 0 bridgehead atoms. The fourth-order valence-corrected chi connectivity index (χ4v) is 2.44. The minimum Gasteiger partial charge on any atom is -0.385 e. The Morgan fingerprint density at radius 2 is 2.35 bits per heavy atom. The van der Waals surface area contributed by atoms with E-state index in [1.54, 1.807) is 0 Å². The van der Waals surface area contributed by atoms with Gasteiger partial charge in [-0.2, -0.15) is 0 Å². The first-order valence-corrected chi connectivity index (χ1v) is 7.83. The second kappa shape index (κ2) is 7.64. The monoisotopic (exact) mass is 340 g/mol. The van der Waals surface area contributed by atoms with Gasteiger partial charge in [0.05, 0.1) is 6.10 Å². The molecule has 1 amide bonds. The van der Waals surface area contributed by atoms with Crippen LogP contribution in [0.1, 0.15) is 24.8 Å². The van der Waals surface area contributed by atoms with E-state index in [1.807, 2.05) is 19.1 Å². The molecule has 1 aliphatic rings. The van der Waals surface area contributed by atoms with Crippen molar-refractivity contribution < 1.29 is 9.53 Å². The third-order valence-corrected chi connectivity index (χ3v) is 4.28. The van der Waals surface area contributed by atoms with E-state index >= 15 is 0 Å². The van der Waals surface area contributed by atoms with Crippen molar-refractivity contribution in [1.82, 2.24) is 5.32 Å². The zero-order valence-corrected chi connectivity index (χ0v) is 13.3. The Morgan fingerprint density at radius 1 is 1.50 bits per heavy atom. The Balaban J connectivity index is 1.64. The number of amides is 1. The quantitative estimate of drug-likeness (QED) is 0.837. The standard InChI is InChI=1S/C15H21BrN2O2/c1-11-9-12(4-5-14(11)16)17-7-6-15(19)18-10-13-3-2-8-20-13/h4-5,9,13,17H,2-3,6-8,10H2,1H3,(H,18,19). The first-order chi connectivity index (χ1) is 9.65. The van der Waals surface area contributed by atoms with Gasteiger partial charge in [0.1, 0.15) is 0 Å². The molecule has 0 spiro atoms. The van der Waals surface area contributed by atoms with Gasteiger partial charge in [-0.1, -0.05) is 15.9 Å². The maximum Gasteiger partial charge on any atom is 0.221 e. The molecule has 5 heteroatoms. The summed E-state index contributed by atoms with van der Waals surface area (Å²) < 4.78 is 6.56. The number of anilines is 1. The largest absolute Gasteiger partial charge is 0.385 e. The highest BCUT2D eigenvalue weighted by molar-refractivity contribution is 9.10. The molecule has 1 unspecified atom stereocenters. The third-order valence-electron chi connectivity index (χ3n) is 3.39. The molecule has 1 heterocycles. The molecule has 2 rings (SSSR count). The molecular weight excluding hydrogens is 320 g/mol. The number of aryl methyl sites for hydroxylation is 1. The van der Waals surface area contributed by atoms with Crippen molar-refractivity contribution in [1.29, 1.82) is 0 Å². The zero-order valence-electron chi connectivity index (χ0n) is 11.7. The van der Waals surface area contributed by atoms with Crippen molar-refractivity contribution >= 4 is 27.5 Å². The predicted molar refractivity (Wildman–Crippen MR) is 84.0 cm³/mol. The molecule has 1 saturated heterocycles. The summed E-state index contributed by atoms with van der Waals surface area (Å²) in [4.78, 5) is 11.7. The predicted octanol–water partition coefficient (Wildman–Crippen LogP) is 2.85. The van der Waals surface area contributed by atoms with Crippen LogP contribution in [0.4, 0.5) is 5.69 Å². The van der Waals surface area contributed by atoms with Crippen LogP contribution in [-0.4, -0.2) is 31.7 Å². The van der Waals surface area contributed by atoms with Gasteiger partial charge in [0.25, 0.3) is 0 Å². The van der Waals surface area contributed by atoms with Gasteiger partial charge in [0, 0.05) is 36.3 Å². The van der Waals surface area contributed by atoms with E-state index in [4.69, 9.17) is 4.74 Å². The van der Waals surface area contributed by atoms with Gasteiger partial charge in [-0.05, 0) is 43.5 Å². The van der Waals surface area contributed by atoms with Crippen molar-refractivity contribution in [3.05, 3.63) is 28.2 Å². The lowest BCUT2D eigenvalue weighted by Gasteiger charge is -2.11. The van der Waals surface area contributed by atoms with E-state index < -0.39 is 0 Å². The average Bonchev–Trinajstić information content (AvgIpc) is 2.94. The van der Waals surface area contributed by atoms with Crippen molar-refractivity contribution in [2.24, 2.45) is 0 Å². The van der Waals surface area contributed by atoms with Crippen molar-refractivity contribution in [2.75, 3.05) is 25.0 Å². The molecule has 110 valence electrons. The van der Waals surface area contributed by atoms with Crippen molar-refractivity contribution in [2.45, 2.75) is 32.3 Å². The number of nitrogens with one attached hydrogen (secondary N) is 2.